The number of anilines is 1. The van der Waals surface area contributed by atoms with E-state index < -0.39 is 0 Å². The van der Waals surface area contributed by atoms with Crippen molar-refractivity contribution in [3.05, 3.63) is 45.4 Å². The Morgan fingerprint density at radius 2 is 1.90 bits per heavy atom. The molecule has 0 bridgehead atoms. The summed E-state index contributed by atoms with van der Waals surface area (Å²) in [6.45, 7) is 5.11. The van der Waals surface area contributed by atoms with Gasteiger partial charge in [0.25, 0.3) is 5.91 Å². The molecular weight excluding hydrogens is 412 g/mol. The summed E-state index contributed by atoms with van der Waals surface area (Å²) in [5, 5.41) is 8.61. The van der Waals surface area contributed by atoms with Crippen molar-refractivity contribution in [2.75, 3.05) is 25.6 Å². The number of urea groups is 1. The van der Waals surface area contributed by atoms with Crippen LogP contribution in [-0.2, 0) is 11.3 Å². The lowest BCUT2D eigenvalue weighted by molar-refractivity contribution is 0.0923. The molecule has 0 atom stereocenters. The van der Waals surface area contributed by atoms with E-state index in [1.165, 1.54) is 17.8 Å². The first-order valence-corrected chi connectivity index (χ1v) is 11.7. The number of carbonyl (C=O) groups is 2. The highest BCUT2D eigenvalue weighted by Crippen LogP contribution is 2.21. The number of nitrogens with zero attached hydrogens (tertiary/aromatic N) is 2. The van der Waals surface area contributed by atoms with Gasteiger partial charge >= 0.3 is 6.03 Å². The van der Waals surface area contributed by atoms with E-state index in [-0.39, 0.29) is 18.0 Å². The lowest BCUT2D eigenvalue weighted by Gasteiger charge is -2.23. The number of rotatable bonds is 8. The third-order valence-corrected chi connectivity index (χ3v) is 6.45. The van der Waals surface area contributed by atoms with Crippen LogP contribution >= 0.6 is 11.3 Å². The molecule has 1 saturated carbocycles. The number of nitrogens with one attached hydrogen (secondary N) is 2. The maximum absolute atomic E-state index is 13.0. The van der Waals surface area contributed by atoms with Gasteiger partial charge in [-0.25, -0.2) is 9.78 Å². The zero-order chi connectivity index (χ0) is 22.2. The standard InChI is InChI=1S/C23H32N4O3S/c1-16-8-7-9-17(2)21(16)26-23(29)27(12-13-30-3)14-20-25-19(15-31-20)22(28)24-18-10-5-4-6-11-18/h7-9,15,18H,4-6,10-14H2,1-3H3,(H,24,28)(H,26,29). The largest absolute Gasteiger partial charge is 0.383 e. The maximum atomic E-state index is 13.0. The number of thiazole rings is 1. The molecule has 0 saturated heterocycles. The van der Waals surface area contributed by atoms with Crippen molar-refractivity contribution in [3.8, 4) is 0 Å². The van der Waals surface area contributed by atoms with Crippen molar-refractivity contribution >= 4 is 29.0 Å². The normalized spacial score (nSPS) is 14.3. The highest BCUT2D eigenvalue weighted by molar-refractivity contribution is 7.09. The molecule has 1 aliphatic carbocycles. The van der Waals surface area contributed by atoms with E-state index in [0.717, 1.165) is 47.5 Å². The second-order valence-electron chi connectivity index (χ2n) is 8.05. The van der Waals surface area contributed by atoms with Crippen LogP contribution < -0.4 is 10.6 Å². The number of carbonyl (C=O) groups excluding carboxylic acids is 2. The van der Waals surface area contributed by atoms with Crippen LogP contribution in [0.15, 0.2) is 23.6 Å². The zero-order valence-corrected chi connectivity index (χ0v) is 19.4. The summed E-state index contributed by atoms with van der Waals surface area (Å²) >= 11 is 1.40. The van der Waals surface area contributed by atoms with Gasteiger partial charge in [0.15, 0.2) is 0 Å². The van der Waals surface area contributed by atoms with Gasteiger partial charge in [-0.2, -0.15) is 0 Å². The third-order valence-electron chi connectivity index (χ3n) is 5.62. The minimum absolute atomic E-state index is 0.127. The fraction of sp³-hybridized carbons (Fsp3) is 0.522. The van der Waals surface area contributed by atoms with Crippen molar-refractivity contribution in [3.63, 3.8) is 0 Å². The second-order valence-corrected chi connectivity index (χ2v) is 8.99. The fourth-order valence-electron chi connectivity index (χ4n) is 3.81. The van der Waals surface area contributed by atoms with Crippen LogP contribution in [0, 0.1) is 13.8 Å². The van der Waals surface area contributed by atoms with E-state index in [1.54, 1.807) is 17.4 Å². The molecule has 168 valence electrons. The molecule has 2 aromatic rings. The molecule has 7 nitrogen and oxygen atoms in total. The molecule has 0 aliphatic heterocycles. The van der Waals surface area contributed by atoms with Crippen LogP contribution in [0.2, 0.25) is 0 Å². The number of aryl methyl sites for hydroxylation is 2. The average Bonchev–Trinajstić information content (AvgIpc) is 3.23. The third kappa shape index (κ3) is 6.51. The molecule has 1 aliphatic rings. The smallest absolute Gasteiger partial charge is 0.322 e. The van der Waals surface area contributed by atoms with Crippen molar-refractivity contribution in [2.45, 2.75) is 58.5 Å². The van der Waals surface area contributed by atoms with Crippen LogP contribution in [0.1, 0.15) is 58.7 Å². The number of ether oxygens (including phenoxy) is 1. The van der Waals surface area contributed by atoms with Crippen LogP contribution in [-0.4, -0.2) is 48.1 Å². The number of benzene rings is 1. The molecule has 0 unspecified atom stereocenters. The van der Waals surface area contributed by atoms with E-state index in [2.05, 4.69) is 15.6 Å². The SMILES string of the molecule is COCCN(Cc1nc(C(=O)NC2CCCCC2)cs1)C(=O)Nc1c(C)cccc1C. The molecule has 3 amide bonds. The van der Waals surface area contributed by atoms with Crippen LogP contribution in [0.4, 0.5) is 10.5 Å². The molecule has 2 N–H and O–H groups in total. The number of methoxy groups -OCH3 is 1. The lowest BCUT2D eigenvalue weighted by Crippen LogP contribution is -2.37. The quantitative estimate of drug-likeness (QED) is 0.628. The molecule has 0 spiro atoms. The number of para-hydroxylation sites is 1. The maximum Gasteiger partial charge on any atom is 0.322 e. The Morgan fingerprint density at radius 3 is 2.58 bits per heavy atom. The topological polar surface area (TPSA) is 83.6 Å². The first-order valence-electron chi connectivity index (χ1n) is 10.8. The number of hydrogen-bond donors (Lipinski definition) is 2. The predicted molar refractivity (Wildman–Crippen MR) is 124 cm³/mol. The van der Waals surface area contributed by atoms with E-state index in [4.69, 9.17) is 4.74 Å². The second kappa shape index (κ2) is 11.2. The first-order chi connectivity index (χ1) is 15.0. The molecule has 8 heteroatoms. The molecule has 1 aromatic carbocycles. The summed E-state index contributed by atoms with van der Waals surface area (Å²) in [5.41, 5.74) is 3.26. The van der Waals surface area contributed by atoms with Gasteiger partial charge in [-0.05, 0) is 37.8 Å². The summed E-state index contributed by atoms with van der Waals surface area (Å²) in [5.74, 6) is -0.127. The number of hydrogen-bond acceptors (Lipinski definition) is 5. The monoisotopic (exact) mass is 444 g/mol. The van der Waals surface area contributed by atoms with Crippen molar-refractivity contribution in [2.24, 2.45) is 0 Å². The van der Waals surface area contributed by atoms with Gasteiger partial charge in [0.1, 0.15) is 10.7 Å². The van der Waals surface area contributed by atoms with Crippen LogP contribution in [0.25, 0.3) is 0 Å². The Hall–Kier alpha value is -2.45. The van der Waals surface area contributed by atoms with Gasteiger partial charge in [-0.3, -0.25) is 4.79 Å². The van der Waals surface area contributed by atoms with E-state index in [1.807, 2.05) is 32.0 Å². The Morgan fingerprint density at radius 1 is 1.19 bits per heavy atom. The molecule has 0 radical (unpaired) electrons. The van der Waals surface area contributed by atoms with Crippen molar-refractivity contribution < 1.29 is 14.3 Å². The summed E-state index contributed by atoms with van der Waals surface area (Å²) in [6.07, 6.45) is 5.64. The van der Waals surface area contributed by atoms with E-state index in [0.29, 0.717) is 25.4 Å². The minimum atomic E-state index is -0.210. The van der Waals surface area contributed by atoms with Gasteiger partial charge in [-0.1, -0.05) is 37.5 Å². The highest BCUT2D eigenvalue weighted by Gasteiger charge is 2.21. The van der Waals surface area contributed by atoms with Gasteiger partial charge < -0.3 is 20.3 Å². The highest BCUT2D eigenvalue weighted by atomic mass is 32.1. The fourth-order valence-corrected chi connectivity index (χ4v) is 4.60. The Balaban J connectivity index is 1.65. The van der Waals surface area contributed by atoms with Gasteiger partial charge in [0, 0.05) is 30.8 Å². The molecule has 1 heterocycles. The summed E-state index contributed by atoms with van der Waals surface area (Å²) in [7, 11) is 1.61. The lowest BCUT2D eigenvalue weighted by atomic mass is 9.95. The first kappa shape index (κ1) is 23.2. The average molecular weight is 445 g/mol. The van der Waals surface area contributed by atoms with Gasteiger partial charge in [-0.15, -0.1) is 11.3 Å². The van der Waals surface area contributed by atoms with Gasteiger partial charge in [0.05, 0.1) is 13.2 Å². The van der Waals surface area contributed by atoms with Crippen LogP contribution in [0.3, 0.4) is 0 Å². The number of amides is 3. The van der Waals surface area contributed by atoms with E-state index >= 15 is 0 Å². The van der Waals surface area contributed by atoms with Crippen LogP contribution in [0.5, 0.6) is 0 Å². The van der Waals surface area contributed by atoms with Crippen molar-refractivity contribution in [1.29, 1.82) is 0 Å². The minimum Gasteiger partial charge on any atom is -0.383 e. The molecule has 1 fully saturated rings. The Labute approximate surface area is 188 Å². The van der Waals surface area contributed by atoms with E-state index in [9.17, 15) is 9.59 Å². The summed E-state index contributed by atoms with van der Waals surface area (Å²) in [6, 6.07) is 5.95. The summed E-state index contributed by atoms with van der Waals surface area (Å²) in [4.78, 5) is 31.7. The molecule has 31 heavy (non-hydrogen) atoms. The Bertz CT molecular complexity index is 872. The number of aromatic nitrogens is 1. The molecule has 3 rings (SSSR count). The molecule has 1 aromatic heterocycles. The van der Waals surface area contributed by atoms with Crippen molar-refractivity contribution in [1.82, 2.24) is 15.2 Å². The summed E-state index contributed by atoms with van der Waals surface area (Å²) < 4.78 is 5.18. The predicted octanol–water partition coefficient (Wildman–Crippen LogP) is 4.50. The Kier molecular flexibility index (Phi) is 8.43. The molecular formula is C23H32N4O3S. The van der Waals surface area contributed by atoms with Gasteiger partial charge in [0.2, 0.25) is 0 Å². The zero-order valence-electron chi connectivity index (χ0n) is 18.6.